The summed E-state index contributed by atoms with van der Waals surface area (Å²) in [7, 11) is 1.48. The highest BCUT2D eigenvalue weighted by molar-refractivity contribution is 6.08. The Labute approximate surface area is 175 Å². The Bertz CT molecular complexity index is 847. The lowest BCUT2D eigenvalue weighted by atomic mass is 9.82. The largest absolute Gasteiger partial charge is 0.493 e. The lowest BCUT2D eigenvalue weighted by Crippen LogP contribution is -2.50. The molecule has 1 aliphatic carbocycles. The van der Waals surface area contributed by atoms with Gasteiger partial charge in [-0.25, -0.2) is 4.79 Å². The van der Waals surface area contributed by atoms with Crippen molar-refractivity contribution in [2.24, 2.45) is 0 Å². The van der Waals surface area contributed by atoms with Crippen LogP contribution in [0.1, 0.15) is 62.2 Å². The summed E-state index contributed by atoms with van der Waals surface area (Å²) < 4.78 is 10.9. The van der Waals surface area contributed by atoms with Crippen molar-refractivity contribution >= 4 is 23.6 Å². The first-order chi connectivity index (χ1) is 14.4. The molecule has 30 heavy (non-hydrogen) atoms. The van der Waals surface area contributed by atoms with E-state index in [2.05, 4.69) is 10.7 Å². The fourth-order valence-corrected chi connectivity index (χ4v) is 3.82. The maximum Gasteiger partial charge on any atom is 0.344 e. The Morgan fingerprint density at radius 1 is 1.17 bits per heavy atom. The molecule has 1 heterocycles. The summed E-state index contributed by atoms with van der Waals surface area (Å²) in [4.78, 5) is 48.5. The minimum absolute atomic E-state index is 0.0768. The zero-order valence-electron chi connectivity index (χ0n) is 17.3. The molecule has 0 radical (unpaired) electrons. The summed E-state index contributed by atoms with van der Waals surface area (Å²) in [5.41, 5.74) is 2.06. The van der Waals surface area contributed by atoms with E-state index in [0.29, 0.717) is 36.3 Å². The van der Waals surface area contributed by atoms with Crippen LogP contribution in [0.3, 0.4) is 0 Å². The van der Waals surface area contributed by atoms with Gasteiger partial charge in [-0.2, -0.15) is 5.01 Å². The highest BCUT2D eigenvalue weighted by Gasteiger charge is 2.52. The van der Waals surface area contributed by atoms with Crippen molar-refractivity contribution in [1.29, 1.82) is 0 Å². The average molecular weight is 417 g/mol. The normalized spacial score (nSPS) is 17.6. The third-order valence-electron chi connectivity index (χ3n) is 5.48. The van der Waals surface area contributed by atoms with Crippen molar-refractivity contribution in [3.05, 3.63) is 23.8 Å². The van der Waals surface area contributed by atoms with Gasteiger partial charge in [-0.3, -0.25) is 19.8 Å². The number of imide groups is 1. The SMILES string of the molecule is COc1cc(C(C)=O)ccc1OCCCC(=O)NN1C(=O)NC2(CCCCC2)C1=O. The Kier molecular flexibility index (Phi) is 6.59. The number of hydrogen-bond donors (Lipinski definition) is 2. The van der Waals surface area contributed by atoms with Crippen molar-refractivity contribution < 1.29 is 28.7 Å². The number of hydrazine groups is 1. The Morgan fingerprint density at radius 3 is 2.57 bits per heavy atom. The van der Waals surface area contributed by atoms with Gasteiger partial charge in [0.2, 0.25) is 5.91 Å². The molecule has 4 amide bonds. The number of nitrogens with one attached hydrogen (secondary N) is 2. The number of nitrogens with zero attached hydrogens (tertiary/aromatic N) is 1. The topological polar surface area (TPSA) is 114 Å². The fraction of sp³-hybridized carbons (Fsp3) is 0.524. The van der Waals surface area contributed by atoms with E-state index in [1.54, 1.807) is 18.2 Å². The summed E-state index contributed by atoms with van der Waals surface area (Å²) in [6, 6.07) is 4.31. The van der Waals surface area contributed by atoms with Gasteiger partial charge in [0.05, 0.1) is 13.7 Å². The molecule has 0 bridgehead atoms. The molecule has 0 aromatic heterocycles. The summed E-state index contributed by atoms with van der Waals surface area (Å²) in [6.07, 6.45) is 4.45. The monoisotopic (exact) mass is 417 g/mol. The molecule has 9 nitrogen and oxygen atoms in total. The number of amides is 4. The predicted octanol–water partition coefficient (Wildman–Crippen LogP) is 2.34. The molecule has 1 spiro atoms. The van der Waals surface area contributed by atoms with Gasteiger partial charge >= 0.3 is 6.03 Å². The highest BCUT2D eigenvalue weighted by Crippen LogP contribution is 2.33. The van der Waals surface area contributed by atoms with Crippen LogP contribution in [0.5, 0.6) is 11.5 Å². The van der Waals surface area contributed by atoms with E-state index in [4.69, 9.17) is 9.47 Å². The van der Waals surface area contributed by atoms with E-state index >= 15 is 0 Å². The lowest BCUT2D eigenvalue weighted by molar-refractivity contribution is -0.140. The van der Waals surface area contributed by atoms with Crippen LogP contribution in [0, 0.1) is 0 Å². The molecular weight excluding hydrogens is 390 g/mol. The van der Waals surface area contributed by atoms with E-state index < -0.39 is 17.5 Å². The second kappa shape index (κ2) is 9.15. The number of carbonyl (C=O) groups excluding carboxylic acids is 4. The second-order valence-corrected chi connectivity index (χ2v) is 7.62. The minimum atomic E-state index is -0.867. The first-order valence-electron chi connectivity index (χ1n) is 10.1. The maximum absolute atomic E-state index is 12.7. The van der Waals surface area contributed by atoms with Gasteiger partial charge in [0, 0.05) is 12.0 Å². The van der Waals surface area contributed by atoms with Crippen molar-refractivity contribution in [2.45, 2.75) is 57.4 Å². The number of urea groups is 1. The zero-order chi connectivity index (χ0) is 21.7. The Morgan fingerprint density at radius 2 is 1.90 bits per heavy atom. The number of benzene rings is 1. The molecule has 0 unspecified atom stereocenters. The van der Waals surface area contributed by atoms with E-state index in [1.807, 2.05) is 0 Å². The van der Waals surface area contributed by atoms with Crippen LogP contribution < -0.4 is 20.2 Å². The number of hydrogen-bond acceptors (Lipinski definition) is 6. The molecule has 1 aromatic rings. The number of methoxy groups -OCH3 is 1. The summed E-state index contributed by atoms with van der Waals surface area (Å²) in [5.74, 6) is 0.00786. The third-order valence-corrected chi connectivity index (χ3v) is 5.48. The van der Waals surface area contributed by atoms with Gasteiger partial charge in [0.1, 0.15) is 5.54 Å². The van der Waals surface area contributed by atoms with Gasteiger partial charge in [0.15, 0.2) is 17.3 Å². The number of Topliss-reactive ketones (excluding diaryl/α,β-unsaturated/α-hetero) is 1. The number of carbonyl (C=O) groups is 4. The average Bonchev–Trinajstić information content (AvgIpc) is 2.95. The Balaban J connectivity index is 1.47. The number of ketones is 1. The first-order valence-corrected chi connectivity index (χ1v) is 10.1. The highest BCUT2D eigenvalue weighted by atomic mass is 16.5. The van der Waals surface area contributed by atoms with Crippen LogP contribution in [0.2, 0.25) is 0 Å². The fourth-order valence-electron chi connectivity index (χ4n) is 3.82. The predicted molar refractivity (Wildman–Crippen MR) is 107 cm³/mol. The van der Waals surface area contributed by atoms with Crippen LogP contribution in [0.4, 0.5) is 4.79 Å². The van der Waals surface area contributed by atoms with E-state index in [-0.39, 0.29) is 24.7 Å². The van der Waals surface area contributed by atoms with Crippen LogP contribution in [0.25, 0.3) is 0 Å². The molecule has 2 aliphatic rings. The van der Waals surface area contributed by atoms with E-state index in [1.165, 1.54) is 14.0 Å². The van der Waals surface area contributed by atoms with Crippen molar-refractivity contribution in [2.75, 3.05) is 13.7 Å². The molecule has 2 N–H and O–H groups in total. The van der Waals surface area contributed by atoms with Crippen LogP contribution in [-0.4, -0.2) is 47.9 Å². The van der Waals surface area contributed by atoms with Gasteiger partial charge in [-0.05, 0) is 44.4 Å². The molecule has 1 aromatic carbocycles. The van der Waals surface area contributed by atoms with E-state index in [9.17, 15) is 19.2 Å². The molecule has 162 valence electrons. The van der Waals surface area contributed by atoms with Gasteiger partial charge in [-0.15, -0.1) is 0 Å². The summed E-state index contributed by atoms with van der Waals surface area (Å²) in [6.45, 7) is 1.70. The van der Waals surface area contributed by atoms with Crippen molar-refractivity contribution in [3.63, 3.8) is 0 Å². The number of ether oxygens (including phenoxy) is 2. The molecule has 3 rings (SSSR count). The molecule has 1 aliphatic heterocycles. The second-order valence-electron chi connectivity index (χ2n) is 7.62. The third kappa shape index (κ3) is 4.55. The van der Waals surface area contributed by atoms with Crippen molar-refractivity contribution in [3.8, 4) is 11.5 Å². The molecule has 0 atom stereocenters. The zero-order valence-corrected chi connectivity index (χ0v) is 17.3. The molecule has 2 fully saturated rings. The maximum atomic E-state index is 12.7. The standard InChI is InChI=1S/C21H27N3O6/c1-14(25)15-8-9-16(17(13-15)29-2)30-12-6-7-18(26)23-24-19(27)21(22-20(24)28)10-4-3-5-11-21/h8-9,13H,3-7,10-12H2,1-2H3,(H,22,28)(H,23,26). The van der Waals surface area contributed by atoms with Gasteiger partial charge < -0.3 is 14.8 Å². The number of rotatable bonds is 8. The minimum Gasteiger partial charge on any atom is -0.493 e. The van der Waals surface area contributed by atoms with Crippen LogP contribution in [0.15, 0.2) is 18.2 Å². The van der Waals surface area contributed by atoms with Crippen molar-refractivity contribution in [1.82, 2.24) is 15.8 Å². The van der Waals surface area contributed by atoms with Crippen LogP contribution in [-0.2, 0) is 9.59 Å². The summed E-state index contributed by atoms with van der Waals surface area (Å²) in [5, 5.41) is 3.55. The smallest absolute Gasteiger partial charge is 0.344 e. The van der Waals surface area contributed by atoms with Crippen LogP contribution >= 0.6 is 0 Å². The van der Waals surface area contributed by atoms with Gasteiger partial charge in [0.25, 0.3) is 5.91 Å². The lowest BCUT2D eigenvalue weighted by Gasteiger charge is -2.30. The molecule has 9 heteroatoms. The summed E-state index contributed by atoms with van der Waals surface area (Å²) >= 11 is 0. The Hall–Kier alpha value is -3.10. The quantitative estimate of drug-likeness (QED) is 0.381. The van der Waals surface area contributed by atoms with E-state index in [0.717, 1.165) is 24.3 Å². The van der Waals surface area contributed by atoms with Gasteiger partial charge in [-0.1, -0.05) is 19.3 Å². The first kappa shape index (κ1) is 21.6. The molecule has 1 saturated heterocycles. The molecular formula is C21H27N3O6. The molecule has 1 saturated carbocycles.